The third kappa shape index (κ3) is 5.87. The highest BCUT2D eigenvalue weighted by Gasteiger charge is 2.25. The van der Waals surface area contributed by atoms with Crippen molar-refractivity contribution in [3.63, 3.8) is 0 Å². The minimum atomic E-state index is -0.739. The Labute approximate surface area is 187 Å². The molecule has 1 atom stereocenters. The third-order valence-electron chi connectivity index (χ3n) is 4.94. The Bertz CT molecular complexity index is 1040. The fourth-order valence-electron chi connectivity index (χ4n) is 3.20. The number of ether oxygens (including phenoxy) is 2. The minimum Gasteiger partial charge on any atom is -0.497 e. The number of anilines is 1. The molecule has 0 radical (unpaired) electrons. The average molecular weight is 437 g/mol. The molecule has 0 aliphatic heterocycles. The normalized spacial score (nSPS) is 11.7. The van der Waals surface area contributed by atoms with Gasteiger partial charge in [-0.25, -0.2) is 0 Å². The number of nitrogens with zero attached hydrogens (tertiary/aromatic N) is 2. The first kappa shape index (κ1) is 22.9. The van der Waals surface area contributed by atoms with E-state index in [0.717, 1.165) is 5.56 Å². The number of hydrogen-bond acceptors (Lipinski definition) is 5. The summed E-state index contributed by atoms with van der Waals surface area (Å²) >= 11 is 0. The molecular weight excluding hydrogens is 408 g/mol. The fourth-order valence-corrected chi connectivity index (χ4v) is 3.20. The quantitative estimate of drug-likeness (QED) is 0.537. The number of aromatic nitrogens is 2. The van der Waals surface area contributed by atoms with E-state index < -0.39 is 11.9 Å². The maximum atomic E-state index is 12.9. The Hall–Kier alpha value is -3.81. The second-order valence-corrected chi connectivity index (χ2v) is 7.70. The van der Waals surface area contributed by atoms with Crippen molar-refractivity contribution < 1.29 is 19.1 Å². The van der Waals surface area contributed by atoms with Gasteiger partial charge in [-0.2, -0.15) is 5.10 Å². The maximum Gasteiger partial charge on any atom is 0.252 e. The van der Waals surface area contributed by atoms with Crippen LogP contribution >= 0.6 is 0 Å². The van der Waals surface area contributed by atoms with Crippen molar-refractivity contribution in [1.82, 2.24) is 15.1 Å². The van der Waals surface area contributed by atoms with Crippen LogP contribution in [0.5, 0.6) is 11.5 Å². The summed E-state index contributed by atoms with van der Waals surface area (Å²) in [6, 6.07) is 14.1. The molecule has 8 nitrogen and oxygen atoms in total. The van der Waals surface area contributed by atoms with E-state index in [1.165, 1.54) is 14.2 Å². The van der Waals surface area contributed by atoms with Crippen LogP contribution in [0.3, 0.4) is 0 Å². The molecule has 0 aliphatic rings. The van der Waals surface area contributed by atoms with E-state index in [1.807, 2.05) is 44.2 Å². The lowest BCUT2D eigenvalue weighted by Gasteiger charge is -2.21. The number of amides is 2. The fraction of sp³-hybridized carbons (Fsp3) is 0.292. The van der Waals surface area contributed by atoms with Gasteiger partial charge in [0.05, 0.1) is 32.6 Å². The molecule has 32 heavy (non-hydrogen) atoms. The number of rotatable bonds is 9. The molecule has 2 amide bonds. The lowest BCUT2D eigenvalue weighted by molar-refractivity contribution is -0.118. The van der Waals surface area contributed by atoms with Gasteiger partial charge in [0, 0.05) is 17.8 Å². The second kappa shape index (κ2) is 10.5. The average Bonchev–Trinajstić information content (AvgIpc) is 3.23. The summed E-state index contributed by atoms with van der Waals surface area (Å²) in [7, 11) is 3.03. The van der Waals surface area contributed by atoms with E-state index in [2.05, 4.69) is 15.7 Å². The number of benzene rings is 2. The molecule has 168 valence electrons. The zero-order valence-electron chi connectivity index (χ0n) is 18.7. The monoisotopic (exact) mass is 436 g/mol. The van der Waals surface area contributed by atoms with Crippen molar-refractivity contribution in [1.29, 1.82) is 0 Å². The van der Waals surface area contributed by atoms with Crippen molar-refractivity contribution in [2.75, 3.05) is 19.5 Å². The molecule has 1 heterocycles. The van der Waals surface area contributed by atoms with Crippen LogP contribution in [-0.4, -0.2) is 41.9 Å². The first-order valence-electron chi connectivity index (χ1n) is 10.3. The molecule has 0 saturated carbocycles. The Morgan fingerprint density at radius 1 is 1.03 bits per heavy atom. The highest BCUT2D eigenvalue weighted by molar-refractivity contribution is 6.01. The van der Waals surface area contributed by atoms with E-state index in [9.17, 15) is 9.59 Å². The number of nitrogens with one attached hydrogen (secondary N) is 2. The molecular formula is C24H28N4O4. The number of methoxy groups -OCH3 is 2. The van der Waals surface area contributed by atoms with Gasteiger partial charge in [-0.1, -0.05) is 44.2 Å². The molecule has 0 saturated heterocycles. The van der Waals surface area contributed by atoms with Crippen LogP contribution < -0.4 is 20.1 Å². The highest BCUT2D eigenvalue weighted by atomic mass is 16.5. The molecule has 2 N–H and O–H groups in total. The van der Waals surface area contributed by atoms with E-state index in [-0.39, 0.29) is 11.8 Å². The summed E-state index contributed by atoms with van der Waals surface area (Å²) in [5, 5.41) is 9.96. The number of carbonyl (C=O) groups excluding carboxylic acids is 2. The molecule has 0 aliphatic carbocycles. The van der Waals surface area contributed by atoms with Crippen molar-refractivity contribution in [2.24, 2.45) is 5.92 Å². The predicted octanol–water partition coefficient (Wildman–Crippen LogP) is 3.34. The van der Waals surface area contributed by atoms with Crippen LogP contribution in [0.4, 0.5) is 5.69 Å². The van der Waals surface area contributed by atoms with Crippen LogP contribution in [0.15, 0.2) is 60.9 Å². The summed E-state index contributed by atoms with van der Waals surface area (Å²) in [5.74, 6) is 0.140. The van der Waals surface area contributed by atoms with Crippen LogP contribution in [0.25, 0.3) is 0 Å². The number of carbonyl (C=O) groups is 2. The van der Waals surface area contributed by atoms with Crippen LogP contribution in [0.1, 0.15) is 29.8 Å². The lowest BCUT2D eigenvalue weighted by atomic mass is 10.0. The topological polar surface area (TPSA) is 94.5 Å². The first-order valence-corrected chi connectivity index (χ1v) is 10.3. The molecule has 1 unspecified atom stereocenters. The summed E-state index contributed by atoms with van der Waals surface area (Å²) in [4.78, 5) is 25.8. The largest absolute Gasteiger partial charge is 0.497 e. The van der Waals surface area contributed by atoms with E-state index in [1.54, 1.807) is 35.3 Å². The van der Waals surface area contributed by atoms with Gasteiger partial charge in [-0.05, 0) is 23.6 Å². The summed E-state index contributed by atoms with van der Waals surface area (Å²) in [5.41, 5.74) is 2.01. The smallest absolute Gasteiger partial charge is 0.252 e. The van der Waals surface area contributed by atoms with Crippen LogP contribution in [0, 0.1) is 5.92 Å². The molecule has 0 spiro atoms. The SMILES string of the molecule is COc1cc(OC)cc(C(=O)NC(C(=O)Nc2cnn(Cc3ccccc3)c2)C(C)C)c1. The minimum absolute atomic E-state index is 0.134. The van der Waals surface area contributed by atoms with Gasteiger partial charge in [-0.15, -0.1) is 0 Å². The molecule has 1 aromatic heterocycles. The van der Waals surface area contributed by atoms with Gasteiger partial charge in [0.1, 0.15) is 17.5 Å². The van der Waals surface area contributed by atoms with Gasteiger partial charge in [0.15, 0.2) is 0 Å². The third-order valence-corrected chi connectivity index (χ3v) is 4.94. The zero-order valence-corrected chi connectivity index (χ0v) is 18.7. The molecule has 0 bridgehead atoms. The van der Waals surface area contributed by atoms with Crippen molar-refractivity contribution in [2.45, 2.75) is 26.4 Å². The van der Waals surface area contributed by atoms with Crippen LogP contribution in [-0.2, 0) is 11.3 Å². The second-order valence-electron chi connectivity index (χ2n) is 7.70. The van der Waals surface area contributed by atoms with Gasteiger partial charge in [-0.3, -0.25) is 14.3 Å². The van der Waals surface area contributed by atoms with Gasteiger partial charge >= 0.3 is 0 Å². The zero-order chi connectivity index (χ0) is 23.1. The maximum absolute atomic E-state index is 12.9. The lowest BCUT2D eigenvalue weighted by Crippen LogP contribution is -2.47. The van der Waals surface area contributed by atoms with Crippen LogP contribution in [0.2, 0.25) is 0 Å². The molecule has 3 aromatic rings. The number of hydrogen-bond donors (Lipinski definition) is 2. The predicted molar refractivity (Wildman–Crippen MR) is 122 cm³/mol. The molecule has 8 heteroatoms. The Morgan fingerprint density at radius 3 is 2.28 bits per heavy atom. The van der Waals surface area contributed by atoms with Gasteiger partial charge in [0.2, 0.25) is 5.91 Å². The van der Waals surface area contributed by atoms with Crippen molar-refractivity contribution in [3.05, 3.63) is 72.1 Å². The van der Waals surface area contributed by atoms with Crippen molar-refractivity contribution in [3.8, 4) is 11.5 Å². The Morgan fingerprint density at radius 2 is 1.69 bits per heavy atom. The highest BCUT2D eigenvalue weighted by Crippen LogP contribution is 2.23. The Balaban J connectivity index is 1.68. The van der Waals surface area contributed by atoms with E-state index >= 15 is 0 Å². The summed E-state index contributed by atoms with van der Waals surface area (Å²) in [6.45, 7) is 4.34. The van der Waals surface area contributed by atoms with Gasteiger partial charge < -0.3 is 20.1 Å². The van der Waals surface area contributed by atoms with Gasteiger partial charge in [0.25, 0.3) is 5.91 Å². The summed E-state index contributed by atoms with van der Waals surface area (Å²) < 4.78 is 12.2. The molecule has 2 aromatic carbocycles. The van der Waals surface area contributed by atoms with Crippen molar-refractivity contribution >= 4 is 17.5 Å². The Kier molecular flexibility index (Phi) is 7.49. The van der Waals surface area contributed by atoms with E-state index in [4.69, 9.17) is 9.47 Å². The first-order chi connectivity index (χ1) is 15.4. The van der Waals surface area contributed by atoms with E-state index in [0.29, 0.717) is 29.3 Å². The molecule has 3 rings (SSSR count). The summed E-state index contributed by atoms with van der Waals surface area (Å²) in [6.07, 6.45) is 3.35. The molecule has 0 fully saturated rings. The standard InChI is InChI=1S/C24H28N4O4/c1-16(2)22(27-23(29)18-10-20(31-3)12-21(11-18)32-4)24(30)26-19-13-25-28(15-19)14-17-8-6-5-7-9-17/h5-13,15-16,22H,14H2,1-4H3,(H,26,30)(H,27,29).